The number of hydrogen-bond donors (Lipinski definition) is 3. The van der Waals surface area contributed by atoms with Crippen molar-refractivity contribution in [2.75, 3.05) is 5.32 Å². The third-order valence-electron chi connectivity index (χ3n) is 9.21. The summed E-state index contributed by atoms with van der Waals surface area (Å²) in [6.07, 6.45) is 5.03. The van der Waals surface area contributed by atoms with E-state index in [1.54, 1.807) is 12.4 Å². The van der Waals surface area contributed by atoms with Crippen LogP contribution in [0.25, 0.3) is 10.4 Å². The molecule has 2 aliphatic carbocycles. The number of carboxylic acid groups (broad SMARTS) is 1. The van der Waals surface area contributed by atoms with Crippen LogP contribution in [-0.4, -0.2) is 31.1 Å². The van der Waals surface area contributed by atoms with E-state index < -0.39 is 27.8 Å². The average molecular weight is 493 g/mol. The molecule has 0 amide bonds. The molecule has 2 aromatic heterocycles. The number of benzene rings is 1. The topological polar surface area (TPSA) is 108 Å². The molecule has 2 bridgehead atoms. The fourth-order valence-corrected chi connectivity index (χ4v) is 7.48. The molecule has 3 aromatic rings. The van der Waals surface area contributed by atoms with Gasteiger partial charge in [-0.1, -0.05) is 26.8 Å². The molecule has 0 spiro atoms. The van der Waals surface area contributed by atoms with Gasteiger partial charge < -0.3 is 15.5 Å². The predicted molar refractivity (Wildman–Crippen MR) is 137 cm³/mol. The minimum absolute atomic E-state index is 0.191. The van der Waals surface area contributed by atoms with Gasteiger partial charge in [0.15, 0.2) is 0 Å². The summed E-state index contributed by atoms with van der Waals surface area (Å²) in [7, 11) is 0. The van der Waals surface area contributed by atoms with Crippen molar-refractivity contribution in [2.24, 2.45) is 16.2 Å². The number of fused-ring (bicyclic) bond motifs is 2. The molecule has 3 atom stereocenters. The normalized spacial score (nSPS) is 28.9. The molecule has 7 nitrogen and oxygen atoms in total. The van der Waals surface area contributed by atoms with Crippen molar-refractivity contribution in [2.45, 2.75) is 66.4 Å². The van der Waals surface area contributed by atoms with E-state index in [-0.39, 0.29) is 6.42 Å². The highest BCUT2D eigenvalue weighted by molar-refractivity contribution is 7.15. The van der Waals surface area contributed by atoms with Crippen molar-refractivity contribution in [1.82, 2.24) is 15.0 Å². The standard InChI is InChI=1S/C27H32N4O3S/c1-15-9-18(11-19(10-15)31-23-29-12-16(2)17(3)30-23)20-13-28-21(35-20)27(34)14-26(22(32)33)8-7-25(27,6)24(26,4)5/h9-13,34H,7-8,14H2,1-6H3,(H,32,33)(H,29,30,31). The number of nitrogens with zero attached hydrogens (tertiary/aromatic N) is 3. The van der Waals surface area contributed by atoms with Crippen LogP contribution in [-0.2, 0) is 10.4 Å². The Morgan fingerprint density at radius 2 is 1.80 bits per heavy atom. The average Bonchev–Trinajstić information content (AvgIpc) is 3.39. The molecular formula is C27H32N4O3S. The summed E-state index contributed by atoms with van der Waals surface area (Å²) < 4.78 is 0. The van der Waals surface area contributed by atoms with E-state index in [4.69, 9.17) is 0 Å². The maximum atomic E-state index is 12.4. The lowest BCUT2D eigenvalue weighted by Gasteiger charge is -2.44. The largest absolute Gasteiger partial charge is 0.481 e. The maximum Gasteiger partial charge on any atom is 0.310 e. The number of rotatable bonds is 5. The van der Waals surface area contributed by atoms with Crippen LogP contribution >= 0.6 is 11.3 Å². The lowest BCUT2D eigenvalue weighted by Crippen LogP contribution is -2.44. The van der Waals surface area contributed by atoms with E-state index in [0.717, 1.165) is 32.9 Å². The summed E-state index contributed by atoms with van der Waals surface area (Å²) in [5.41, 5.74) is 1.52. The van der Waals surface area contributed by atoms with Crippen molar-refractivity contribution in [3.8, 4) is 10.4 Å². The molecule has 0 radical (unpaired) electrons. The SMILES string of the molecule is Cc1cc(Nc2ncc(C)c(C)n2)cc(-c2cnc(C3(O)CC4(C(=O)O)CCC3(C)C4(C)C)s2)c1. The number of carbonyl (C=O) groups is 1. The van der Waals surface area contributed by atoms with Crippen LogP contribution in [0.15, 0.2) is 30.6 Å². The molecular weight excluding hydrogens is 460 g/mol. The van der Waals surface area contributed by atoms with E-state index >= 15 is 0 Å². The Kier molecular flexibility index (Phi) is 5.17. The first-order valence-electron chi connectivity index (χ1n) is 11.9. The lowest BCUT2D eigenvalue weighted by molar-refractivity contribution is -0.155. The maximum absolute atomic E-state index is 12.4. The van der Waals surface area contributed by atoms with Crippen molar-refractivity contribution < 1.29 is 15.0 Å². The number of carboxylic acids is 1. The van der Waals surface area contributed by atoms with E-state index in [0.29, 0.717) is 23.8 Å². The Hall–Kier alpha value is -2.84. The van der Waals surface area contributed by atoms with Crippen molar-refractivity contribution in [3.05, 3.63) is 52.4 Å². The number of aliphatic hydroxyl groups is 1. The third-order valence-corrected chi connectivity index (χ3v) is 10.4. The molecule has 8 heteroatoms. The second-order valence-corrected chi connectivity index (χ2v) is 12.1. The Balaban J connectivity index is 1.50. The number of nitrogens with one attached hydrogen (secondary N) is 1. The van der Waals surface area contributed by atoms with Gasteiger partial charge in [-0.3, -0.25) is 4.79 Å². The first-order valence-corrected chi connectivity index (χ1v) is 12.8. The Morgan fingerprint density at radius 1 is 1.06 bits per heavy atom. The predicted octanol–water partition coefficient (Wildman–Crippen LogP) is 5.76. The van der Waals surface area contributed by atoms with Crippen LogP contribution in [0.2, 0.25) is 0 Å². The van der Waals surface area contributed by atoms with Gasteiger partial charge in [-0.2, -0.15) is 0 Å². The first kappa shape index (κ1) is 23.9. The van der Waals surface area contributed by atoms with E-state index in [2.05, 4.69) is 26.3 Å². The highest BCUT2D eigenvalue weighted by Crippen LogP contribution is 2.78. The minimum atomic E-state index is -1.28. The molecule has 2 fully saturated rings. The summed E-state index contributed by atoms with van der Waals surface area (Å²) in [5.74, 6) is -0.276. The molecule has 0 saturated heterocycles. The van der Waals surface area contributed by atoms with Crippen LogP contribution in [0, 0.1) is 37.0 Å². The van der Waals surface area contributed by atoms with Gasteiger partial charge >= 0.3 is 5.97 Å². The molecule has 5 rings (SSSR count). The molecule has 2 heterocycles. The van der Waals surface area contributed by atoms with Gasteiger partial charge in [0.25, 0.3) is 0 Å². The number of aromatic nitrogens is 3. The summed E-state index contributed by atoms with van der Waals surface area (Å²) >= 11 is 1.45. The van der Waals surface area contributed by atoms with E-state index in [9.17, 15) is 15.0 Å². The van der Waals surface area contributed by atoms with Crippen LogP contribution in [0.3, 0.4) is 0 Å². The second-order valence-electron chi connectivity index (χ2n) is 11.1. The summed E-state index contributed by atoms with van der Waals surface area (Å²) in [4.78, 5) is 26.9. The second kappa shape index (κ2) is 7.58. The van der Waals surface area contributed by atoms with Gasteiger partial charge in [0.05, 0.1) is 10.3 Å². The molecule has 35 heavy (non-hydrogen) atoms. The molecule has 0 aliphatic heterocycles. The molecule has 3 N–H and O–H groups in total. The number of aliphatic carboxylic acids is 1. The van der Waals surface area contributed by atoms with Gasteiger partial charge in [0.2, 0.25) is 5.95 Å². The molecule has 2 saturated carbocycles. The smallest absolute Gasteiger partial charge is 0.310 e. The summed E-state index contributed by atoms with van der Waals surface area (Å²) in [6.45, 7) is 12.0. The van der Waals surface area contributed by atoms with Crippen molar-refractivity contribution in [1.29, 1.82) is 0 Å². The minimum Gasteiger partial charge on any atom is -0.481 e. The Labute approximate surface area is 209 Å². The number of hydrogen-bond acceptors (Lipinski definition) is 7. The van der Waals surface area contributed by atoms with Gasteiger partial charge in [0, 0.05) is 29.2 Å². The number of thiazole rings is 1. The summed E-state index contributed by atoms with van der Waals surface area (Å²) in [6, 6.07) is 6.14. The zero-order valence-electron chi connectivity index (χ0n) is 21.1. The monoisotopic (exact) mass is 492 g/mol. The molecule has 3 unspecified atom stereocenters. The van der Waals surface area contributed by atoms with Gasteiger partial charge in [-0.05, 0) is 74.3 Å². The number of anilines is 2. The molecule has 2 aliphatic rings. The fourth-order valence-electron chi connectivity index (χ4n) is 6.36. The first-order chi connectivity index (χ1) is 16.3. The Bertz CT molecular complexity index is 1350. The fraction of sp³-hybridized carbons (Fsp3) is 0.481. The third kappa shape index (κ3) is 3.19. The lowest BCUT2D eigenvalue weighted by atomic mass is 9.63. The summed E-state index contributed by atoms with van der Waals surface area (Å²) in [5, 5.41) is 26.1. The van der Waals surface area contributed by atoms with E-state index in [1.807, 2.05) is 53.7 Å². The molecule has 184 valence electrons. The highest BCUT2D eigenvalue weighted by atomic mass is 32.1. The van der Waals surface area contributed by atoms with Crippen molar-refractivity contribution in [3.63, 3.8) is 0 Å². The zero-order valence-corrected chi connectivity index (χ0v) is 21.9. The zero-order chi connectivity index (χ0) is 25.4. The number of aryl methyl sites for hydroxylation is 3. The van der Waals surface area contributed by atoms with Crippen LogP contribution in [0.4, 0.5) is 11.6 Å². The van der Waals surface area contributed by atoms with Crippen LogP contribution in [0.5, 0.6) is 0 Å². The molecule has 1 aromatic carbocycles. The van der Waals surface area contributed by atoms with Crippen LogP contribution < -0.4 is 5.32 Å². The Morgan fingerprint density at radius 3 is 2.46 bits per heavy atom. The van der Waals surface area contributed by atoms with Gasteiger partial charge in [0.1, 0.15) is 10.6 Å². The van der Waals surface area contributed by atoms with Crippen LogP contribution in [0.1, 0.15) is 61.9 Å². The van der Waals surface area contributed by atoms with Gasteiger partial charge in [-0.25, -0.2) is 15.0 Å². The van der Waals surface area contributed by atoms with Gasteiger partial charge in [-0.15, -0.1) is 11.3 Å². The van der Waals surface area contributed by atoms with E-state index in [1.165, 1.54) is 11.3 Å². The quantitative estimate of drug-likeness (QED) is 0.416. The van der Waals surface area contributed by atoms with Crippen molar-refractivity contribution >= 4 is 28.9 Å². The highest BCUT2D eigenvalue weighted by Gasteiger charge is 2.79.